The van der Waals surface area contributed by atoms with Crippen LogP contribution in [-0.4, -0.2) is 85.2 Å². The molecule has 0 aliphatic carbocycles. The number of amides is 2. The first-order valence-electron chi connectivity index (χ1n) is 15.0. The lowest BCUT2D eigenvalue weighted by Gasteiger charge is -2.30. The molecule has 0 aliphatic rings. The Morgan fingerprint density at radius 3 is 1.39 bits per heavy atom. The van der Waals surface area contributed by atoms with Crippen LogP contribution in [-0.2, 0) is 56.1 Å². The van der Waals surface area contributed by atoms with Gasteiger partial charge in [0, 0.05) is 0 Å². The minimum atomic E-state index is -1.11. The Labute approximate surface area is 272 Å². The molecule has 256 valence electrons. The highest BCUT2D eigenvalue weighted by Crippen LogP contribution is 2.14. The van der Waals surface area contributed by atoms with Crippen molar-refractivity contribution in [1.29, 1.82) is 0 Å². The molecular formula is C34H50N2O10. The highest BCUT2D eigenvalue weighted by Gasteiger charge is 2.33. The normalized spacial score (nSPS) is 15.0. The van der Waals surface area contributed by atoms with Gasteiger partial charge >= 0.3 is 11.9 Å². The van der Waals surface area contributed by atoms with Crippen LogP contribution in [0.2, 0.25) is 0 Å². The van der Waals surface area contributed by atoms with Gasteiger partial charge in [-0.2, -0.15) is 0 Å². The third-order valence-corrected chi connectivity index (χ3v) is 6.42. The summed E-state index contributed by atoms with van der Waals surface area (Å²) in [6.45, 7) is 12.6. The van der Waals surface area contributed by atoms with Gasteiger partial charge < -0.3 is 39.4 Å². The van der Waals surface area contributed by atoms with E-state index in [4.69, 9.17) is 18.9 Å². The van der Waals surface area contributed by atoms with Crippen molar-refractivity contribution in [1.82, 2.24) is 10.6 Å². The summed E-state index contributed by atoms with van der Waals surface area (Å²) in [4.78, 5) is 47.8. The predicted octanol–water partition coefficient (Wildman–Crippen LogP) is 3.08. The zero-order valence-electron chi connectivity index (χ0n) is 28.3. The molecule has 0 spiro atoms. The number of ether oxygens (including phenoxy) is 5. The Kier molecular flexibility index (Phi) is 17.7. The average Bonchev–Trinajstić information content (AvgIpc) is 3.03. The van der Waals surface area contributed by atoms with E-state index in [2.05, 4.69) is 15.4 Å². The maximum atomic E-state index is 12.4. The highest BCUT2D eigenvalue weighted by atomic mass is 16.5. The summed E-state index contributed by atoms with van der Waals surface area (Å²) in [7, 11) is 2.47. The summed E-state index contributed by atoms with van der Waals surface area (Å²) in [5.74, 6) is -2.13. The van der Waals surface area contributed by atoms with Crippen molar-refractivity contribution in [2.45, 2.75) is 104 Å². The first-order chi connectivity index (χ1) is 21.6. The van der Waals surface area contributed by atoms with E-state index in [0.717, 1.165) is 11.1 Å². The molecule has 3 N–H and O–H groups in total. The van der Waals surface area contributed by atoms with E-state index in [9.17, 15) is 24.3 Å². The van der Waals surface area contributed by atoms with Gasteiger partial charge in [-0.15, -0.1) is 0 Å². The number of carbonyl (C=O) groups is 4. The van der Waals surface area contributed by atoms with Crippen molar-refractivity contribution < 1.29 is 48.0 Å². The van der Waals surface area contributed by atoms with Gasteiger partial charge in [-0.25, -0.2) is 9.59 Å². The fourth-order valence-corrected chi connectivity index (χ4v) is 3.91. The molecule has 12 nitrogen and oxygen atoms in total. The quantitative estimate of drug-likeness (QED) is 0.246. The molecule has 0 radical (unpaired) electrons. The van der Waals surface area contributed by atoms with Crippen molar-refractivity contribution in [3.63, 3.8) is 0 Å². The molecule has 2 aromatic rings. The Balaban J connectivity index is 0.000000467. The smallest absolute Gasteiger partial charge is 0.331 e. The molecule has 46 heavy (non-hydrogen) atoms. The molecule has 2 amide bonds. The van der Waals surface area contributed by atoms with E-state index in [-0.39, 0.29) is 6.61 Å². The molecule has 6 atom stereocenters. The number of carbonyl (C=O) groups excluding carboxylic acids is 4. The summed E-state index contributed by atoms with van der Waals surface area (Å²) in [5, 5.41) is 14.6. The third-order valence-electron chi connectivity index (χ3n) is 6.42. The summed E-state index contributed by atoms with van der Waals surface area (Å²) < 4.78 is 26.1. The maximum Gasteiger partial charge on any atom is 0.331 e. The first-order valence-corrected chi connectivity index (χ1v) is 15.0. The van der Waals surface area contributed by atoms with Crippen LogP contribution in [0, 0.1) is 0 Å². The van der Waals surface area contributed by atoms with Gasteiger partial charge in [0.15, 0.2) is 12.1 Å². The van der Waals surface area contributed by atoms with Gasteiger partial charge in [-0.1, -0.05) is 60.7 Å². The highest BCUT2D eigenvalue weighted by molar-refractivity contribution is 5.87. The van der Waals surface area contributed by atoms with E-state index in [1.54, 1.807) is 20.8 Å². The van der Waals surface area contributed by atoms with Gasteiger partial charge in [-0.05, 0) is 59.6 Å². The number of benzene rings is 2. The van der Waals surface area contributed by atoms with E-state index in [1.807, 2.05) is 81.4 Å². The van der Waals surface area contributed by atoms with Crippen molar-refractivity contribution >= 4 is 23.8 Å². The maximum absolute atomic E-state index is 12.4. The molecule has 12 heteroatoms. The van der Waals surface area contributed by atoms with E-state index in [0.29, 0.717) is 6.61 Å². The lowest BCUT2D eigenvalue weighted by Crippen LogP contribution is -2.53. The van der Waals surface area contributed by atoms with E-state index >= 15 is 0 Å². The molecule has 0 bridgehead atoms. The Hall–Kier alpha value is -3.84. The molecule has 0 aromatic heterocycles. The van der Waals surface area contributed by atoms with Crippen LogP contribution in [0.1, 0.15) is 59.6 Å². The number of hydrogen-bond acceptors (Lipinski definition) is 10. The van der Waals surface area contributed by atoms with Crippen molar-refractivity contribution in [2.24, 2.45) is 0 Å². The Morgan fingerprint density at radius 2 is 1.04 bits per heavy atom. The second-order valence-corrected chi connectivity index (χ2v) is 11.6. The number of aliphatic hydroxyl groups is 1. The third kappa shape index (κ3) is 15.4. The lowest BCUT2D eigenvalue weighted by atomic mass is 10.1. The van der Waals surface area contributed by atoms with Gasteiger partial charge in [0.25, 0.3) is 0 Å². The standard InChI is InChI=1S/C19H29NO5.C15H21NO5/c1-13(25-19(3,4)5)16(18(22)23-6)20-17(21)14(2)24-12-15-10-8-7-9-11-15;1-10(17)13(15(19)20-3)16-14(18)11(2)21-9-12-7-5-4-6-8-12/h7-11,13-14,16H,12H2,1-6H3,(H,20,21);4-8,10-11,13,17H,9H2,1-3H3,(H,16,18)/t13?,14?,16-;10?,11?,13-/m00/s1. The Morgan fingerprint density at radius 1 is 0.674 bits per heavy atom. The summed E-state index contributed by atoms with van der Waals surface area (Å²) in [6, 6.07) is 17.0. The fourth-order valence-electron chi connectivity index (χ4n) is 3.91. The fraction of sp³-hybridized carbons (Fsp3) is 0.529. The van der Waals surface area contributed by atoms with E-state index in [1.165, 1.54) is 21.1 Å². The molecule has 0 saturated heterocycles. The van der Waals surface area contributed by atoms with E-state index < -0.39 is 65.9 Å². The topological polar surface area (TPSA) is 159 Å². The van der Waals surface area contributed by atoms with Gasteiger partial charge in [-0.3, -0.25) is 9.59 Å². The molecule has 0 heterocycles. The molecule has 2 rings (SSSR count). The monoisotopic (exact) mass is 646 g/mol. The van der Waals surface area contributed by atoms with Crippen LogP contribution < -0.4 is 10.6 Å². The second kappa shape index (κ2) is 20.3. The summed E-state index contributed by atoms with van der Waals surface area (Å²) in [5.41, 5.74) is 1.46. The van der Waals surface area contributed by atoms with Crippen LogP contribution >= 0.6 is 0 Å². The molecule has 0 saturated carbocycles. The van der Waals surface area contributed by atoms with Crippen molar-refractivity contribution in [2.75, 3.05) is 14.2 Å². The minimum Gasteiger partial charge on any atom is -0.467 e. The largest absolute Gasteiger partial charge is 0.467 e. The van der Waals surface area contributed by atoms with Crippen LogP contribution in [0.15, 0.2) is 60.7 Å². The lowest BCUT2D eigenvalue weighted by molar-refractivity contribution is -0.155. The number of methoxy groups -OCH3 is 2. The van der Waals surface area contributed by atoms with Crippen LogP contribution in [0.4, 0.5) is 0 Å². The number of nitrogens with one attached hydrogen (secondary N) is 2. The summed E-state index contributed by atoms with van der Waals surface area (Å²) in [6.07, 6.45) is -3.06. The molecular weight excluding hydrogens is 596 g/mol. The number of aliphatic hydroxyl groups excluding tert-OH is 1. The molecule has 4 unspecified atom stereocenters. The zero-order chi connectivity index (χ0) is 34.9. The number of hydrogen-bond donors (Lipinski definition) is 3. The first kappa shape index (κ1) is 40.2. The Bertz CT molecular complexity index is 1200. The van der Waals surface area contributed by atoms with Crippen LogP contribution in [0.25, 0.3) is 0 Å². The van der Waals surface area contributed by atoms with Gasteiger partial charge in [0.05, 0.1) is 45.2 Å². The van der Waals surface area contributed by atoms with Crippen LogP contribution in [0.5, 0.6) is 0 Å². The number of esters is 2. The van der Waals surface area contributed by atoms with Gasteiger partial charge in [0.1, 0.15) is 12.2 Å². The zero-order valence-corrected chi connectivity index (χ0v) is 28.3. The molecule has 0 fully saturated rings. The van der Waals surface area contributed by atoms with Gasteiger partial charge in [0.2, 0.25) is 11.8 Å². The minimum absolute atomic E-state index is 0.285. The number of rotatable bonds is 15. The SMILES string of the molecule is COC(=O)[C@@H](NC(=O)C(C)OCc1ccccc1)C(C)O.COC(=O)[C@@H](NC(=O)C(C)OCc1ccccc1)C(C)OC(C)(C)C. The predicted molar refractivity (Wildman–Crippen MR) is 171 cm³/mol. The van der Waals surface area contributed by atoms with Crippen LogP contribution in [0.3, 0.4) is 0 Å². The molecule has 2 aromatic carbocycles. The average molecular weight is 647 g/mol. The second-order valence-electron chi connectivity index (χ2n) is 11.6. The van der Waals surface area contributed by atoms with Crippen molar-refractivity contribution in [3.8, 4) is 0 Å². The molecule has 0 aliphatic heterocycles. The summed E-state index contributed by atoms with van der Waals surface area (Å²) >= 11 is 0. The van der Waals surface area contributed by atoms with Crippen molar-refractivity contribution in [3.05, 3.63) is 71.8 Å².